The van der Waals surface area contributed by atoms with Gasteiger partial charge in [0.1, 0.15) is 5.76 Å². The number of aliphatic imine (C=N–C) groups is 1. The number of ether oxygens (including phenoxy) is 1. The lowest BCUT2D eigenvalue weighted by Crippen LogP contribution is -2.48. The molecule has 1 unspecified atom stereocenters. The van der Waals surface area contributed by atoms with Gasteiger partial charge in [-0.25, -0.2) is 0 Å². The molecule has 0 saturated carbocycles. The van der Waals surface area contributed by atoms with Crippen LogP contribution in [-0.4, -0.2) is 38.6 Å². The van der Waals surface area contributed by atoms with Gasteiger partial charge in [-0.15, -0.1) is 24.0 Å². The van der Waals surface area contributed by atoms with Crippen LogP contribution in [0.15, 0.2) is 33.7 Å². The molecule has 8 heteroatoms. The van der Waals surface area contributed by atoms with Gasteiger partial charge in [0.15, 0.2) is 17.3 Å². The van der Waals surface area contributed by atoms with Gasteiger partial charge in [-0.2, -0.15) is 0 Å². The molecule has 1 amide bonds. The van der Waals surface area contributed by atoms with Crippen molar-refractivity contribution in [2.75, 3.05) is 26.7 Å². The molecular weight excluding hydrogens is 483 g/mol. The number of halogens is 1. The minimum Gasteiger partial charge on any atom is -0.490 e. The van der Waals surface area contributed by atoms with E-state index in [1.807, 2.05) is 58.9 Å². The number of nitrogens with one attached hydrogen (secondary N) is 3. The largest absolute Gasteiger partial charge is 0.490 e. The quantitative estimate of drug-likeness (QED) is 0.282. The Morgan fingerprint density at radius 1 is 1.28 bits per heavy atom. The number of guanidine groups is 1. The summed E-state index contributed by atoms with van der Waals surface area (Å²) in [5.74, 6) is 2.14. The zero-order valence-electron chi connectivity index (χ0n) is 18.1. The van der Waals surface area contributed by atoms with Gasteiger partial charge in [-0.05, 0) is 46.8 Å². The van der Waals surface area contributed by atoms with E-state index in [0.717, 1.165) is 22.5 Å². The third-order valence-corrected chi connectivity index (χ3v) is 4.48. The second-order valence-electron chi connectivity index (χ2n) is 7.29. The Balaban J connectivity index is 0.00000420. The van der Waals surface area contributed by atoms with Gasteiger partial charge in [0.05, 0.1) is 18.1 Å². The van der Waals surface area contributed by atoms with Crippen LogP contribution in [-0.2, 0) is 4.79 Å². The Hall–Kier alpha value is -1.97. The van der Waals surface area contributed by atoms with Crippen molar-refractivity contribution in [2.24, 2.45) is 10.4 Å². The minimum absolute atomic E-state index is 0. The van der Waals surface area contributed by atoms with E-state index in [4.69, 9.17) is 9.15 Å². The van der Waals surface area contributed by atoms with Crippen LogP contribution < -0.4 is 20.7 Å². The van der Waals surface area contributed by atoms with Crippen LogP contribution in [0.1, 0.15) is 46.4 Å². The highest BCUT2D eigenvalue weighted by Gasteiger charge is 2.27. The van der Waals surface area contributed by atoms with E-state index in [2.05, 4.69) is 20.9 Å². The molecule has 2 aromatic rings. The smallest absolute Gasteiger partial charge is 0.227 e. The first-order valence-electron chi connectivity index (χ1n) is 9.73. The molecular formula is C21H33IN4O3. The zero-order valence-corrected chi connectivity index (χ0v) is 20.4. The van der Waals surface area contributed by atoms with Crippen LogP contribution >= 0.6 is 24.0 Å². The van der Waals surface area contributed by atoms with Crippen molar-refractivity contribution in [3.63, 3.8) is 0 Å². The van der Waals surface area contributed by atoms with Gasteiger partial charge in [-0.3, -0.25) is 9.79 Å². The second kappa shape index (κ2) is 11.3. The number of benzene rings is 1. The maximum atomic E-state index is 12.2. The van der Waals surface area contributed by atoms with E-state index < -0.39 is 5.41 Å². The average Bonchev–Trinajstić information content (AvgIpc) is 3.11. The highest BCUT2D eigenvalue weighted by atomic mass is 127. The molecule has 0 radical (unpaired) electrons. The van der Waals surface area contributed by atoms with Crippen LogP contribution in [0.5, 0.6) is 5.75 Å². The number of carbonyl (C=O) groups excluding carboxylic acids is 1. The van der Waals surface area contributed by atoms with Crippen LogP contribution in [0, 0.1) is 5.41 Å². The molecule has 0 bridgehead atoms. The molecule has 162 valence electrons. The minimum atomic E-state index is -0.553. The summed E-state index contributed by atoms with van der Waals surface area (Å²) in [4.78, 5) is 16.4. The lowest BCUT2D eigenvalue weighted by molar-refractivity contribution is -0.128. The number of hydrogen-bond acceptors (Lipinski definition) is 4. The number of para-hydroxylation sites is 1. The summed E-state index contributed by atoms with van der Waals surface area (Å²) in [6.45, 7) is 11.3. The van der Waals surface area contributed by atoms with Gasteiger partial charge in [-0.1, -0.05) is 12.1 Å². The molecule has 0 fully saturated rings. The van der Waals surface area contributed by atoms with Crippen molar-refractivity contribution in [2.45, 2.75) is 40.7 Å². The highest BCUT2D eigenvalue weighted by molar-refractivity contribution is 14.0. The van der Waals surface area contributed by atoms with Gasteiger partial charge < -0.3 is 25.1 Å². The highest BCUT2D eigenvalue weighted by Crippen LogP contribution is 2.31. The van der Waals surface area contributed by atoms with E-state index in [-0.39, 0.29) is 35.9 Å². The third-order valence-electron chi connectivity index (χ3n) is 4.48. The summed E-state index contributed by atoms with van der Waals surface area (Å²) < 4.78 is 11.7. The van der Waals surface area contributed by atoms with Crippen molar-refractivity contribution >= 4 is 46.8 Å². The molecule has 2 rings (SSSR count). The fourth-order valence-corrected chi connectivity index (χ4v) is 2.79. The molecule has 0 aliphatic heterocycles. The van der Waals surface area contributed by atoms with Gasteiger partial charge in [0.25, 0.3) is 0 Å². The van der Waals surface area contributed by atoms with E-state index >= 15 is 0 Å². The fraction of sp³-hybridized carbons (Fsp3) is 0.524. The Morgan fingerprint density at radius 2 is 2.00 bits per heavy atom. The van der Waals surface area contributed by atoms with Crippen molar-refractivity contribution in [1.29, 1.82) is 0 Å². The van der Waals surface area contributed by atoms with E-state index in [9.17, 15) is 4.79 Å². The molecule has 1 heterocycles. The van der Waals surface area contributed by atoms with Crippen molar-refractivity contribution in [1.82, 2.24) is 16.0 Å². The Kier molecular flexibility index (Phi) is 9.75. The van der Waals surface area contributed by atoms with Crippen molar-refractivity contribution < 1.29 is 13.9 Å². The van der Waals surface area contributed by atoms with Crippen molar-refractivity contribution in [3.8, 4) is 5.75 Å². The number of rotatable bonds is 8. The monoisotopic (exact) mass is 516 g/mol. The number of amides is 1. The van der Waals surface area contributed by atoms with Gasteiger partial charge in [0, 0.05) is 25.5 Å². The molecule has 1 atom stereocenters. The summed E-state index contributed by atoms with van der Waals surface area (Å²) >= 11 is 0. The maximum Gasteiger partial charge on any atom is 0.227 e. The Bertz CT molecular complexity index is 832. The first-order valence-corrected chi connectivity index (χ1v) is 9.73. The molecule has 0 aliphatic carbocycles. The van der Waals surface area contributed by atoms with Crippen molar-refractivity contribution in [3.05, 3.63) is 30.0 Å². The summed E-state index contributed by atoms with van der Waals surface area (Å²) in [7, 11) is 1.70. The summed E-state index contributed by atoms with van der Waals surface area (Å²) in [5.41, 5.74) is 0.191. The maximum absolute atomic E-state index is 12.2. The predicted octanol–water partition coefficient (Wildman–Crippen LogP) is 3.84. The van der Waals surface area contributed by atoms with E-state index in [1.54, 1.807) is 7.05 Å². The lowest BCUT2D eigenvalue weighted by atomic mass is 9.92. The van der Waals surface area contributed by atoms with Crippen LogP contribution in [0.2, 0.25) is 0 Å². The molecule has 0 saturated heterocycles. The number of furan rings is 1. The Labute approximate surface area is 190 Å². The van der Waals surface area contributed by atoms with E-state index in [1.165, 1.54) is 0 Å². The van der Waals surface area contributed by atoms with Gasteiger partial charge in [0.2, 0.25) is 5.91 Å². The second-order valence-corrected chi connectivity index (χ2v) is 7.29. The number of fused-ring (bicyclic) bond motifs is 1. The number of nitrogens with zero attached hydrogens (tertiary/aromatic N) is 1. The first-order chi connectivity index (χ1) is 13.3. The van der Waals surface area contributed by atoms with Crippen LogP contribution in [0.4, 0.5) is 0 Å². The fourth-order valence-electron chi connectivity index (χ4n) is 2.79. The number of hydrogen-bond donors (Lipinski definition) is 3. The normalized spacial score (nSPS) is 12.8. The van der Waals surface area contributed by atoms with Crippen LogP contribution in [0.25, 0.3) is 11.0 Å². The van der Waals surface area contributed by atoms with Gasteiger partial charge >= 0.3 is 0 Å². The summed E-state index contributed by atoms with van der Waals surface area (Å²) in [5, 5.41) is 10.4. The zero-order chi connectivity index (χ0) is 20.7. The number of carbonyl (C=O) groups is 1. The summed E-state index contributed by atoms with van der Waals surface area (Å²) in [6.07, 6.45) is 0. The van der Waals surface area contributed by atoms with E-state index in [0.29, 0.717) is 25.7 Å². The summed E-state index contributed by atoms with van der Waals surface area (Å²) in [6, 6.07) is 7.75. The molecule has 7 nitrogen and oxygen atoms in total. The topological polar surface area (TPSA) is 87.9 Å². The predicted molar refractivity (Wildman–Crippen MR) is 128 cm³/mol. The molecule has 29 heavy (non-hydrogen) atoms. The standard InChI is InChI=1S/C21H32N4O3.HI/c1-7-23-19(26)21(4,5)13-24-20(22-6)25-14(3)17-12-15-10-9-11-16(27-8-2)18(15)28-17;/h9-12,14H,7-8,13H2,1-6H3,(H,23,26)(H2,22,24,25);1H. The lowest BCUT2D eigenvalue weighted by Gasteiger charge is -2.25. The molecule has 0 spiro atoms. The molecule has 1 aromatic carbocycles. The SMILES string of the molecule is CCNC(=O)C(C)(C)CNC(=NC)NC(C)c1cc2cccc(OCC)c2o1.I. The Morgan fingerprint density at radius 3 is 2.62 bits per heavy atom. The van der Waals surface area contributed by atoms with Crippen LogP contribution in [0.3, 0.4) is 0 Å². The molecule has 3 N–H and O–H groups in total. The third kappa shape index (κ3) is 6.52. The molecule has 0 aliphatic rings. The average molecular weight is 516 g/mol. The first kappa shape index (κ1) is 25.1. The molecule has 1 aromatic heterocycles.